The van der Waals surface area contributed by atoms with Gasteiger partial charge in [-0.1, -0.05) is 0 Å². The number of hydrogen-bond donors (Lipinski definition) is 1. The number of halogens is 3. The van der Waals surface area contributed by atoms with Crippen LogP contribution in [0.3, 0.4) is 0 Å². The highest BCUT2D eigenvalue weighted by Gasteiger charge is 2.47. The molecule has 134 valence electrons. The van der Waals surface area contributed by atoms with Crippen LogP contribution in [0.25, 0.3) is 11.0 Å². The van der Waals surface area contributed by atoms with Gasteiger partial charge in [0.05, 0.1) is 11.0 Å². The van der Waals surface area contributed by atoms with E-state index in [1.165, 1.54) is 13.0 Å². The maximum Gasteiger partial charge on any atom is 0.586 e. The van der Waals surface area contributed by atoms with E-state index in [0.29, 0.717) is 5.76 Å². The smallest absolute Gasteiger partial charge is 0.412 e. The van der Waals surface area contributed by atoms with E-state index >= 15 is 0 Å². The number of hydrogen-bond acceptors (Lipinski definition) is 7. The Morgan fingerprint density at radius 1 is 1.28 bits per heavy atom. The molecule has 25 heavy (non-hydrogen) atoms. The number of alkyl halides is 2. The average molecular weight is 394 g/mol. The zero-order valence-corrected chi connectivity index (χ0v) is 14.3. The first-order valence-corrected chi connectivity index (χ1v) is 8.71. The number of benzene rings is 1. The molecular weight excluding hydrogens is 384 g/mol. The summed E-state index contributed by atoms with van der Waals surface area (Å²) in [5, 5.41) is -0.369. The number of nitrogens with one attached hydrogen (secondary N) is 1. The van der Waals surface area contributed by atoms with Crippen LogP contribution < -0.4 is 15.0 Å². The third-order valence-corrected chi connectivity index (χ3v) is 6.24. The van der Waals surface area contributed by atoms with Gasteiger partial charge in [0.2, 0.25) is 5.28 Å². The first kappa shape index (κ1) is 16.4. The van der Waals surface area contributed by atoms with Crippen LogP contribution in [0.2, 0.25) is 5.28 Å². The van der Waals surface area contributed by atoms with Crippen molar-refractivity contribution in [3.63, 3.8) is 0 Å². The van der Waals surface area contributed by atoms with Crippen molar-refractivity contribution >= 4 is 32.7 Å². The normalized spacial score (nSPS) is 24.4. The molecule has 0 spiro atoms. The maximum absolute atomic E-state index is 13.2. The average Bonchev–Trinajstić information content (AvgIpc) is 3.07. The lowest BCUT2D eigenvalue weighted by Gasteiger charge is -2.22. The number of fused-ring (bicyclic) bond motifs is 2. The lowest BCUT2D eigenvalue weighted by atomic mass is 10.3. The van der Waals surface area contributed by atoms with Crippen LogP contribution in [0.1, 0.15) is 13.8 Å². The SMILES string of the molecule is CC1=CC(C)(S(=O)(=O)n2c(Cl)nc3cc4c(cc32)OC(F)(F)O4)NO1. The number of rotatable bonds is 2. The lowest BCUT2D eigenvalue weighted by molar-refractivity contribution is -0.286. The number of ether oxygens (including phenoxy) is 2. The molecule has 0 amide bonds. The Balaban J connectivity index is 1.93. The third kappa shape index (κ3) is 2.26. The number of allylic oxidation sites excluding steroid dienone is 1. The van der Waals surface area contributed by atoms with Gasteiger partial charge in [-0.05, 0) is 31.5 Å². The predicted octanol–water partition coefficient (Wildman–Crippen LogP) is 2.34. The van der Waals surface area contributed by atoms with Crippen LogP contribution in [0.5, 0.6) is 11.5 Å². The van der Waals surface area contributed by atoms with Gasteiger partial charge in [0.15, 0.2) is 16.4 Å². The van der Waals surface area contributed by atoms with E-state index in [1.807, 2.05) is 0 Å². The molecule has 1 unspecified atom stereocenters. The zero-order chi connectivity index (χ0) is 18.2. The molecule has 0 aliphatic carbocycles. The van der Waals surface area contributed by atoms with Gasteiger partial charge in [-0.3, -0.25) is 0 Å². The van der Waals surface area contributed by atoms with E-state index in [4.69, 9.17) is 16.4 Å². The Morgan fingerprint density at radius 3 is 2.52 bits per heavy atom. The summed E-state index contributed by atoms with van der Waals surface area (Å²) < 4.78 is 62.0. The highest BCUT2D eigenvalue weighted by Crippen LogP contribution is 2.44. The summed E-state index contributed by atoms with van der Waals surface area (Å²) in [6, 6.07) is 2.21. The van der Waals surface area contributed by atoms with E-state index in [1.54, 1.807) is 6.92 Å². The molecule has 1 atom stereocenters. The molecule has 0 bridgehead atoms. The van der Waals surface area contributed by atoms with Gasteiger partial charge in [-0.15, -0.1) is 14.3 Å². The second-order valence-electron chi connectivity index (χ2n) is 5.67. The lowest BCUT2D eigenvalue weighted by Crippen LogP contribution is -2.46. The minimum Gasteiger partial charge on any atom is -0.412 e. The minimum atomic E-state index is -4.21. The second kappa shape index (κ2) is 4.74. The molecule has 1 aromatic carbocycles. The van der Waals surface area contributed by atoms with Crippen LogP contribution in [-0.2, 0) is 14.9 Å². The fraction of sp³-hybridized carbons (Fsp3) is 0.308. The Hall–Kier alpha value is -2.11. The molecule has 2 aromatic rings. The molecule has 2 aliphatic rings. The van der Waals surface area contributed by atoms with Gasteiger partial charge in [-0.25, -0.2) is 17.4 Å². The van der Waals surface area contributed by atoms with E-state index in [0.717, 1.165) is 16.1 Å². The Morgan fingerprint density at radius 2 is 1.92 bits per heavy atom. The van der Waals surface area contributed by atoms with Crippen molar-refractivity contribution in [2.45, 2.75) is 25.0 Å². The standard InChI is InChI=1S/C13H10ClF2N3O5S/c1-6-5-12(2,18-24-6)25(20,21)19-8-4-10-9(22-13(15,16)23-10)3-7(8)17-11(19)14/h3-5,18H,1-2H3. The molecule has 4 rings (SSSR count). The van der Waals surface area contributed by atoms with Crippen molar-refractivity contribution in [2.75, 3.05) is 0 Å². The molecule has 1 aromatic heterocycles. The van der Waals surface area contributed by atoms with Gasteiger partial charge in [-0.2, -0.15) is 0 Å². The highest BCUT2D eigenvalue weighted by atomic mass is 35.5. The van der Waals surface area contributed by atoms with Crippen molar-refractivity contribution in [3.8, 4) is 11.5 Å². The van der Waals surface area contributed by atoms with Gasteiger partial charge < -0.3 is 14.3 Å². The monoisotopic (exact) mass is 393 g/mol. The maximum atomic E-state index is 13.2. The number of imidazole rings is 1. The zero-order valence-electron chi connectivity index (χ0n) is 12.7. The number of hydroxylamine groups is 1. The first-order valence-electron chi connectivity index (χ1n) is 6.89. The van der Waals surface area contributed by atoms with Crippen LogP contribution in [0.4, 0.5) is 8.78 Å². The molecule has 0 saturated heterocycles. The molecular formula is C13H10ClF2N3O5S. The summed E-state index contributed by atoms with van der Waals surface area (Å²) in [5.41, 5.74) is 2.42. The van der Waals surface area contributed by atoms with E-state index < -0.39 is 21.2 Å². The summed E-state index contributed by atoms with van der Waals surface area (Å²) in [6.45, 7) is 2.93. The summed E-state index contributed by atoms with van der Waals surface area (Å²) >= 11 is 6.00. The van der Waals surface area contributed by atoms with Crippen LogP contribution in [-0.4, -0.2) is 28.5 Å². The summed E-state index contributed by atoms with van der Waals surface area (Å²) in [6.07, 6.45) is -2.48. The topological polar surface area (TPSA) is 91.7 Å². The summed E-state index contributed by atoms with van der Waals surface area (Å²) in [7, 11) is -4.21. The Bertz CT molecular complexity index is 1050. The van der Waals surface area contributed by atoms with Crippen molar-refractivity contribution in [2.24, 2.45) is 0 Å². The van der Waals surface area contributed by atoms with Crippen LogP contribution in [0, 0.1) is 0 Å². The van der Waals surface area contributed by atoms with E-state index in [9.17, 15) is 17.2 Å². The van der Waals surface area contributed by atoms with Gasteiger partial charge in [0, 0.05) is 12.1 Å². The Kier molecular flexibility index (Phi) is 3.10. The molecule has 8 nitrogen and oxygen atoms in total. The Labute approximate surface area is 144 Å². The van der Waals surface area contributed by atoms with Crippen molar-refractivity contribution in [3.05, 3.63) is 29.3 Å². The largest absolute Gasteiger partial charge is 0.586 e. The number of aromatic nitrogens is 2. The van der Waals surface area contributed by atoms with Crippen LogP contribution >= 0.6 is 11.6 Å². The van der Waals surface area contributed by atoms with Crippen LogP contribution in [0.15, 0.2) is 24.0 Å². The fourth-order valence-electron chi connectivity index (χ4n) is 2.65. The van der Waals surface area contributed by atoms with E-state index in [2.05, 4.69) is 19.9 Å². The molecule has 3 heterocycles. The summed E-state index contributed by atoms with van der Waals surface area (Å²) in [5.74, 6) is -0.234. The van der Waals surface area contributed by atoms with Crippen molar-refractivity contribution in [1.82, 2.24) is 14.4 Å². The van der Waals surface area contributed by atoms with Gasteiger partial charge >= 0.3 is 6.29 Å². The fourth-order valence-corrected chi connectivity index (χ4v) is 4.59. The summed E-state index contributed by atoms with van der Waals surface area (Å²) in [4.78, 5) is 7.29. The quantitative estimate of drug-likeness (QED) is 0.837. The molecule has 12 heteroatoms. The molecule has 1 N–H and O–H groups in total. The molecule has 0 saturated carbocycles. The minimum absolute atomic E-state index is 0.0361. The highest BCUT2D eigenvalue weighted by molar-refractivity contribution is 7.91. The third-order valence-electron chi connectivity index (χ3n) is 3.77. The van der Waals surface area contributed by atoms with Crippen molar-refractivity contribution < 1.29 is 31.5 Å². The molecule has 2 aliphatic heterocycles. The predicted molar refractivity (Wildman–Crippen MR) is 81.6 cm³/mol. The second-order valence-corrected chi connectivity index (χ2v) is 8.17. The van der Waals surface area contributed by atoms with Gasteiger partial charge in [0.25, 0.3) is 10.0 Å². The first-order chi connectivity index (χ1) is 11.5. The molecule has 0 fully saturated rings. The van der Waals surface area contributed by atoms with E-state index in [-0.39, 0.29) is 27.8 Å². The molecule has 0 radical (unpaired) electrons. The number of nitrogens with zero attached hydrogens (tertiary/aromatic N) is 2. The van der Waals surface area contributed by atoms with Crippen molar-refractivity contribution in [1.29, 1.82) is 0 Å². The van der Waals surface area contributed by atoms with Gasteiger partial charge in [0.1, 0.15) is 5.76 Å².